The number of nitrogens with one attached hydrogen (secondary N) is 1. The first kappa shape index (κ1) is 13.5. The van der Waals surface area contributed by atoms with Crippen LogP contribution in [-0.2, 0) is 0 Å². The van der Waals surface area contributed by atoms with Crippen LogP contribution >= 0.6 is 0 Å². The molecule has 1 fully saturated rings. The van der Waals surface area contributed by atoms with Gasteiger partial charge in [0.1, 0.15) is 5.82 Å². The lowest BCUT2D eigenvalue weighted by atomic mass is 9.73. The highest BCUT2D eigenvalue weighted by Gasteiger charge is 2.31. The summed E-state index contributed by atoms with van der Waals surface area (Å²) >= 11 is 0. The largest absolute Gasteiger partial charge is 0.307 e. The highest BCUT2D eigenvalue weighted by Crippen LogP contribution is 2.38. The standard InChI is InChI=1S/C15H25N3/c1-4-16-14(15-17-6-5-7-18-15)13-9-11(2)8-12(3)10-13/h5-7,11-14,16H,4,8-10H2,1-3H3. The van der Waals surface area contributed by atoms with Gasteiger partial charge in [-0.3, -0.25) is 0 Å². The molecule has 1 aromatic heterocycles. The molecule has 1 aromatic rings. The molecular weight excluding hydrogens is 222 g/mol. The quantitative estimate of drug-likeness (QED) is 0.888. The minimum Gasteiger partial charge on any atom is -0.307 e. The van der Waals surface area contributed by atoms with Crippen molar-refractivity contribution in [2.75, 3.05) is 6.54 Å². The molecule has 1 saturated carbocycles. The summed E-state index contributed by atoms with van der Waals surface area (Å²) in [5.74, 6) is 3.28. The number of hydrogen-bond donors (Lipinski definition) is 1. The van der Waals surface area contributed by atoms with Gasteiger partial charge in [0.05, 0.1) is 6.04 Å². The average molecular weight is 247 g/mol. The number of rotatable bonds is 4. The van der Waals surface area contributed by atoms with Crippen LogP contribution in [-0.4, -0.2) is 16.5 Å². The van der Waals surface area contributed by atoms with Crippen LogP contribution in [0.3, 0.4) is 0 Å². The van der Waals surface area contributed by atoms with Gasteiger partial charge < -0.3 is 5.32 Å². The van der Waals surface area contributed by atoms with E-state index in [0.717, 1.165) is 24.2 Å². The van der Waals surface area contributed by atoms with Crippen molar-refractivity contribution in [3.8, 4) is 0 Å². The second kappa shape index (κ2) is 6.28. The summed E-state index contributed by atoms with van der Waals surface area (Å²) in [5.41, 5.74) is 0. The van der Waals surface area contributed by atoms with Crippen LogP contribution in [0, 0.1) is 17.8 Å². The van der Waals surface area contributed by atoms with E-state index in [4.69, 9.17) is 0 Å². The SMILES string of the molecule is CCNC(c1ncccn1)C1CC(C)CC(C)C1. The molecule has 0 bridgehead atoms. The number of nitrogens with zero attached hydrogens (tertiary/aromatic N) is 2. The van der Waals surface area contributed by atoms with Crippen LogP contribution in [0.25, 0.3) is 0 Å². The molecule has 0 saturated heterocycles. The molecule has 1 aliphatic carbocycles. The summed E-state index contributed by atoms with van der Waals surface area (Å²) in [4.78, 5) is 8.90. The first-order valence-corrected chi connectivity index (χ1v) is 7.21. The van der Waals surface area contributed by atoms with E-state index in [1.54, 1.807) is 0 Å². The molecule has 3 atom stereocenters. The normalized spacial score (nSPS) is 30.1. The van der Waals surface area contributed by atoms with Gasteiger partial charge in [0.2, 0.25) is 0 Å². The van der Waals surface area contributed by atoms with Crippen molar-refractivity contribution in [1.29, 1.82) is 0 Å². The molecule has 0 amide bonds. The molecule has 100 valence electrons. The molecule has 0 aromatic carbocycles. The van der Waals surface area contributed by atoms with Gasteiger partial charge >= 0.3 is 0 Å². The van der Waals surface area contributed by atoms with Gasteiger partial charge in [-0.05, 0) is 49.6 Å². The predicted molar refractivity (Wildman–Crippen MR) is 74.1 cm³/mol. The van der Waals surface area contributed by atoms with Crippen LogP contribution in [0.1, 0.15) is 51.9 Å². The van der Waals surface area contributed by atoms with Gasteiger partial charge in [-0.25, -0.2) is 9.97 Å². The van der Waals surface area contributed by atoms with E-state index in [2.05, 4.69) is 36.1 Å². The molecule has 0 aliphatic heterocycles. The smallest absolute Gasteiger partial charge is 0.145 e. The van der Waals surface area contributed by atoms with E-state index in [1.807, 2.05) is 18.5 Å². The molecule has 1 heterocycles. The maximum absolute atomic E-state index is 4.45. The first-order chi connectivity index (χ1) is 8.70. The van der Waals surface area contributed by atoms with Crippen LogP contribution < -0.4 is 5.32 Å². The van der Waals surface area contributed by atoms with Gasteiger partial charge in [-0.15, -0.1) is 0 Å². The van der Waals surface area contributed by atoms with Crippen LogP contribution in [0.15, 0.2) is 18.5 Å². The molecule has 3 heteroatoms. The summed E-state index contributed by atoms with van der Waals surface area (Å²) in [6.07, 6.45) is 7.65. The summed E-state index contributed by atoms with van der Waals surface area (Å²) < 4.78 is 0. The minimum atomic E-state index is 0.321. The van der Waals surface area contributed by atoms with Gasteiger partial charge in [0, 0.05) is 12.4 Å². The van der Waals surface area contributed by atoms with Gasteiger partial charge in [-0.2, -0.15) is 0 Å². The maximum Gasteiger partial charge on any atom is 0.145 e. The summed E-state index contributed by atoms with van der Waals surface area (Å²) in [7, 11) is 0. The molecule has 18 heavy (non-hydrogen) atoms. The van der Waals surface area contributed by atoms with Crippen molar-refractivity contribution in [2.45, 2.75) is 46.1 Å². The Morgan fingerprint density at radius 2 is 1.78 bits per heavy atom. The lowest BCUT2D eigenvalue weighted by molar-refractivity contribution is 0.173. The van der Waals surface area contributed by atoms with Gasteiger partial charge in [-0.1, -0.05) is 20.8 Å². The Hall–Kier alpha value is -0.960. The third kappa shape index (κ3) is 3.29. The van der Waals surface area contributed by atoms with Crippen molar-refractivity contribution in [1.82, 2.24) is 15.3 Å². The second-order valence-electron chi connectivity index (χ2n) is 5.82. The van der Waals surface area contributed by atoms with Crippen LogP contribution in [0.2, 0.25) is 0 Å². The van der Waals surface area contributed by atoms with Crippen molar-refractivity contribution < 1.29 is 0 Å². The van der Waals surface area contributed by atoms with Gasteiger partial charge in [0.15, 0.2) is 0 Å². The zero-order chi connectivity index (χ0) is 13.0. The Morgan fingerprint density at radius 3 is 2.33 bits per heavy atom. The van der Waals surface area contributed by atoms with Crippen LogP contribution in [0.4, 0.5) is 0 Å². The van der Waals surface area contributed by atoms with Crippen molar-refractivity contribution >= 4 is 0 Å². The zero-order valence-electron chi connectivity index (χ0n) is 11.8. The van der Waals surface area contributed by atoms with E-state index < -0.39 is 0 Å². The fourth-order valence-electron chi connectivity index (χ4n) is 3.44. The Labute approximate surface area is 110 Å². The van der Waals surface area contributed by atoms with E-state index >= 15 is 0 Å². The molecule has 1 N–H and O–H groups in total. The highest BCUT2D eigenvalue weighted by atomic mass is 15.0. The zero-order valence-corrected chi connectivity index (χ0v) is 11.8. The van der Waals surface area contributed by atoms with E-state index in [0.29, 0.717) is 12.0 Å². The fraction of sp³-hybridized carbons (Fsp3) is 0.733. The van der Waals surface area contributed by atoms with Crippen LogP contribution in [0.5, 0.6) is 0 Å². The van der Waals surface area contributed by atoms with E-state index in [9.17, 15) is 0 Å². The third-order valence-electron chi connectivity index (χ3n) is 3.97. The average Bonchev–Trinajstić information content (AvgIpc) is 2.36. The molecule has 2 rings (SSSR count). The van der Waals surface area contributed by atoms with Crippen molar-refractivity contribution in [3.05, 3.63) is 24.3 Å². The maximum atomic E-state index is 4.45. The second-order valence-corrected chi connectivity index (χ2v) is 5.82. The Bertz CT molecular complexity index is 342. The Balaban J connectivity index is 2.14. The Morgan fingerprint density at radius 1 is 1.17 bits per heavy atom. The fourth-order valence-corrected chi connectivity index (χ4v) is 3.44. The van der Waals surface area contributed by atoms with Gasteiger partial charge in [0.25, 0.3) is 0 Å². The summed E-state index contributed by atoms with van der Waals surface area (Å²) in [6, 6.07) is 2.21. The monoisotopic (exact) mass is 247 g/mol. The minimum absolute atomic E-state index is 0.321. The topological polar surface area (TPSA) is 37.8 Å². The lowest BCUT2D eigenvalue weighted by Gasteiger charge is -2.36. The molecule has 3 unspecified atom stereocenters. The molecule has 0 spiro atoms. The van der Waals surface area contributed by atoms with Crippen molar-refractivity contribution in [2.24, 2.45) is 17.8 Å². The third-order valence-corrected chi connectivity index (χ3v) is 3.97. The number of hydrogen-bond acceptors (Lipinski definition) is 3. The first-order valence-electron chi connectivity index (χ1n) is 7.21. The molecule has 1 aliphatic rings. The predicted octanol–water partition coefficient (Wildman–Crippen LogP) is 3.20. The Kier molecular flexibility index (Phi) is 4.70. The summed E-state index contributed by atoms with van der Waals surface area (Å²) in [5, 5.41) is 3.58. The van der Waals surface area contributed by atoms with Crippen molar-refractivity contribution in [3.63, 3.8) is 0 Å². The highest BCUT2D eigenvalue weighted by molar-refractivity contribution is 5.00. The molecular formula is C15H25N3. The number of aromatic nitrogens is 2. The van der Waals surface area contributed by atoms with E-state index in [1.165, 1.54) is 19.3 Å². The molecule has 3 nitrogen and oxygen atoms in total. The van der Waals surface area contributed by atoms with E-state index in [-0.39, 0.29) is 0 Å². The summed E-state index contributed by atoms with van der Waals surface area (Å²) in [6.45, 7) is 7.88. The lowest BCUT2D eigenvalue weighted by Crippen LogP contribution is -2.34. The molecule has 0 radical (unpaired) electrons.